The van der Waals surface area contributed by atoms with Crippen LogP contribution in [0.5, 0.6) is 0 Å². The topological polar surface area (TPSA) is 78.9 Å². The predicted octanol–water partition coefficient (Wildman–Crippen LogP) is 25.2. The molecule has 0 bridgehead atoms. The van der Waals surface area contributed by atoms with E-state index in [-0.39, 0.29) is 31.1 Å². The van der Waals surface area contributed by atoms with Gasteiger partial charge in [0.05, 0.1) is 0 Å². The summed E-state index contributed by atoms with van der Waals surface area (Å²) in [6.07, 6.45) is 84.2. The van der Waals surface area contributed by atoms with Crippen molar-refractivity contribution in [3.8, 4) is 0 Å². The minimum atomic E-state index is -0.769. The highest BCUT2D eigenvalue weighted by Gasteiger charge is 2.20. The van der Waals surface area contributed by atoms with Crippen molar-refractivity contribution >= 4 is 17.9 Å². The second-order valence-electron chi connectivity index (χ2n) is 25.2. The first-order chi connectivity index (χ1) is 39.5. The maximum Gasteiger partial charge on any atom is 0.306 e. The summed E-state index contributed by atoms with van der Waals surface area (Å²) in [5, 5.41) is 0. The predicted molar refractivity (Wildman–Crippen MR) is 349 cm³/mol. The Hall–Kier alpha value is -1.85. The largest absolute Gasteiger partial charge is 0.462 e. The lowest BCUT2D eigenvalue weighted by Gasteiger charge is -2.18. The third-order valence-electron chi connectivity index (χ3n) is 17.0. The molecule has 6 nitrogen and oxygen atoms in total. The normalized spacial score (nSPS) is 12.0. The Bertz CT molecular complexity index is 1250. The van der Waals surface area contributed by atoms with E-state index in [9.17, 15) is 14.4 Å². The number of carbonyl (C=O) groups is 3. The lowest BCUT2D eigenvalue weighted by atomic mass is 10.0. The van der Waals surface area contributed by atoms with Crippen LogP contribution in [0.15, 0.2) is 12.2 Å². The zero-order valence-corrected chi connectivity index (χ0v) is 54.6. The molecule has 0 heterocycles. The molecule has 0 aliphatic heterocycles. The van der Waals surface area contributed by atoms with Crippen LogP contribution in [-0.2, 0) is 28.6 Å². The van der Waals surface area contributed by atoms with Gasteiger partial charge in [0.15, 0.2) is 6.10 Å². The molecule has 0 amide bonds. The Labute approximate surface area is 501 Å². The molecule has 0 rings (SSSR count). The molecule has 0 saturated heterocycles. The van der Waals surface area contributed by atoms with Gasteiger partial charge in [0.1, 0.15) is 13.2 Å². The van der Waals surface area contributed by atoms with E-state index in [1.54, 1.807) is 0 Å². The number of esters is 3. The molecule has 0 spiro atoms. The van der Waals surface area contributed by atoms with Crippen LogP contribution in [0.2, 0.25) is 0 Å². The SMILES string of the molecule is CCCCCC/C=C\CCCCCCCC(=O)OCC(COC(=O)CCCCCCCCCCCCCCCCCCCCCCCCCCCCCCCCCCCC)OC(=O)CCCCCCCCCCCCCCCCC. The molecular formula is C74H142O6. The van der Waals surface area contributed by atoms with E-state index in [4.69, 9.17) is 14.2 Å². The highest BCUT2D eigenvalue weighted by molar-refractivity contribution is 5.71. The third-order valence-corrected chi connectivity index (χ3v) is 17.0. The second-order valence-corrected chi connectivity index (χ2v) is 25.2. The summed E-state index contributed by atoms with van der Waals surface area (Å²) in [7, 11) is 0. The highest BCUT2D eigenvalue weighted by atomic mass is 16.6. The molecule has 0 aromatic rings. The van der Waals surface area contributed by atoms with E-state index in [1.165, 1.54) is 321 Å². The van der Waals surface area contributed by atoms with Gasteiger partial charge in [-0.3, -0.25) is 14.4 Å². The summed E-state index contributed by atoms with van der Waals surface area (Å²) in [6.45, 7) is 6.70. The van der Waals surface area contributed by atoms with Crippen LogP contribution in [0.3, 0.4) is 0 Å². The summed E-state index contributed by atoms with van der Waals surface area (Å²) in [5.74, 6) is -0.842. The van der Waals surface area contributed by atoms with Gasteiger partial charge in [-0.05, 0) is 44.9 Å². The van der Waals surface area contributed by atoms with Crippen molar-refractivity contribution in [2.45, 2.75) is 431 Å². The van der Waals surface area contributed by atoms with E-state index < -0.39 is 6.10 Å². The van der Waals surface area contributed by atoms with Crippen molar-refractivity contribution in [3.05, 3.63) is 12.2 Å². The van der Waals surface area contributed by atoms with Gasteiger partial charge >= 0.3 is 17.9 Å². The van der Waals surface area contributed by atoms with Gasteiger partial charge in [-0.2, -0.15) is 0 Å². The van der Waals surface area contributed by atoms with Gasteiger partial charge in [0, 0.05) is 19.3 Å². The Morgan fingerprint density at radius 2 is 0.412 bits per heavy atom. The van der Waals surface area contributed by atoms with Crippen molar-refractivity contribution in [1.29, 1.82) is 0 Å². The smallest absolute Gasteiger partial charge is 0.306 e. The van der Waals surface area contributed by atoms with Crippen molar-refractivity contribution in [1.82, 2.24) is 0 Å². The quantitative estimate of drug-likeness (QED) is 0.0261. The zero-order chi connectivity index (χ0) is 57.8. The molecule has 0 aliphatic carbocycles. The molecule has 0 N–H and O–H groups in total. The first-order valence-corrected chi connectivity index (χ1v) is 36.7. The van der Waals surface area contributed by atoms with Gasteiger partial charge in [-0.1, -0.05) is 373 Å². The zero-order valence-electron chi connectivity index (χ0n) is 54.6. The van der Waals surface area contributed by atoms with Crippen LogP contribution >= 0.6 is 0 Å². The third kappa shape index (κ3) is 66.9. The minimum absolute atomic E-state index is 0.0659. The first-order valence-electron chi connectivity index (χ1n) is 36.7. The molecule has 0 aromatic carbocycles. The Morgan fingerprint density at radius 1 is 0.237 bits per heavy atom. The molecule has 474 valence electrons. The van der Waals surface area contributed by atoms with Crippen LogP contribution in [0, 0.1) is 0 Å². The van der Waals surface area contributed by atoms with Crippen LogP contribution < -0.4 is 0 Å². The van der Waals surface area contributed by atoms with Crippen LogP contribution in [-0.4, -0.2) is 37.2 Å². The van der Waals surface area contributed by atoms with Crippen molar-refractivity contribution in [2.24, 2.45) is 0 Å². The Morgan fingerprint density at radius 3 is 0.637 bits per heavy atom. The number of ether oxygens (including phenoxy) is 3. The molecule has 1 unspecified atom stereocenters. The molecule has 0 aromatic heterocycles. The fourth-order valence-electron chi connectivity index (χ4n) is 11.5. The number of carbonyl (C=O) groups excluding carboxylic acids is 3. The average molecular weight is 1130 g/mol. The van der Waals surface area contributed by atoms with E-state index in [1.807, 2.05) is 0 Å². The van der Waals surface area contributed by atoms with Crippen molar-refractivity contribution in [3.63, 3.8) is 0 Å². The molecule has 0 saturated carbocycles. The molecule has 80 heavy (non-hydrogen) atoms. The van der Waals surface area contributed by atoms with E-state index in [0.29, 0.717) is 19.3 Å². The highest BCUT2D eigenvalue weighted by Crippen LogP contribution is 2.19. The van der Waals surface area contributed by atoms with E-state index in [2.05, 4.69) is 32.9 Å². The molecule has 1 atom stereocenters. The van der Waals surface area contributed by atoms with Crippen molar-refractivity contribution < 1.29 is 28.6 Å². The summed E-state index contributed by atoms with van der Waals surface area (Å²) >= 11 is 0. The minimum Gasteiger partial charge on any atom is -0.462 e. The molecule has 0 aliphatic rings. The number of hydrogen-bond donors (Lipinski definition) is 0. The number of allylic oxidation sites excluding steroid dienone is 2. The number of rotatable bonds is 69. The van der Waals surface area contributed by atoms with Gasteiger partial charge in [0.25, 0.3) is 0 Å². The van der Waals surface area contributed by atoms with Gasteiger partial charge in [-0.15, -0.1) is 0 Å². The standard InChI is InChI=1S/C74H142O6/c1-4-7-10-13-16-19-22-25-27-28-29-30-31-32-33-34-35-36-37-38-39-40-41-42-43-44-45-47-49-52-55-58-61-64-67-73(76)79-70-71(69-78-72(75)66-63-60-57-54-51-48-24-21-18-15-12-9-6-3)80-74(77)68-65-62-59-56-53-50-46-26-23-20-17-14-11-8-5-2/h21,24,71H,4-20,22-23,25-70H2,1-3H3/b24-21-. The Kier molecular flexibility index (Phi) is 68.0. The summed E-state index contributed by atoms with van der Waals surface area (Å²) in [5.41, 5.74) is 0. The first kappa shape index (κ1) is 78.1. The summed E-state index contributed by atoms with van der Waals surface area (Å²) < 4.78 is 17.0. The second kappa shape index (κ2) is 69.6. The summed E-state index contributed by atoms with van der Waals surface area (Å²) in [6, 6.07) is 0. The monoisotopic (exact) mass is 1130 g/mol. The average Bonchev–Trinajstić information content (AvgIpc) is 3.46. The Balaban J connectivity index is 4.03. The van der Waals surface area contributed by atoms with Gasteiger partial charge < -0.3 is 14.2 Å². The lowest BCUT2D eigenvalue weighted by molar-refractivity contribution is -0.167. The lowest BCUT2D eigenvalue weighted by Crippen LogP contribution is -2.30. The van der Waals surface area contributed by atoms with Gasteiger partial charge in [0.2, 0.25) is 0 Å². The maximum atomic E-state index is 12.9. The molecule has 6 heteroatoms. The van der Waals surface area contributed by atoms with E-state index >= 15 is 0 Å². The fourth-order valence-corrected chi connectivity index (χ4v) is 11.5. The fraction of sp³-hybridized carbons (Fsp3) is 0.932. The maximum absolute atomic E-state index is 12.9. The van der Waals surface area contributed by atoms with Crippen LogP contribution in [0.25, 0.3) is 0 Å². The molecular weight excluding hydrogens is 985 g/mol. The van der Waals surface area contributed by atoms with Crippen molar-refractivity contribution in [2.75, 3.05) is 13.2 Å². The van der Waals surface area contributed by atoms with Crippen LogP contribution in [0.4, 0.5) is 0 Å². The molecule has 0 fully saturated rings. The number of unbranched alkanes of at least 4 members (excludes halogenated alkanes) is 56. The van der Waals surface area contributed by atoms with Gasteiger partial charge in [-0.25, -0.2) is 0 Å². The van der Waals surface area contributed by atoms with E-state index in [0.717, 1.165) is 64.2 Å². The molecule has 0 radical (unpaired) electrons. The summed E-state index contributed by atoms with van der Waals surface area (Å²) in [4.78, 5) is 38.3. The number of hydrogen-bond acceptors (Lipinski definition) is 6. The van der Waals surface area contributed by atoms with Crippen LogP contribution in [0.1, 0.15) is 425 Å².